The van der Waals surface area contributed by atoms with Gasteiger partial charge in [-0.2, -0.15) is 0 Å². The van der Waals surface area contributed by atoms with E-state index in [0.29, 0.717) is 11.0 Å². The minimum absolute atomic E-state index is 0.00456. The van der Waals surface area contributed by atoms with Gasteiger partial charge in [-0.3, -0.25) is 9.59 Å². The molecule has 3 rings (SSSR count). The summed E-state index contributed by atoms with van der Waals surface area (Å²) in [5, 5.41) is 0. The molecule has 4 nitrogen and oxygen atoms in total. The second-order valence-corrected chi connectivity index (χ2v) is 8.52. The van der Waals surface area contributed by atoms with Crippen LogP contribution in [0.1, 0.15) is 15.3 Å². The highest BCUT2D eigenvalue weighted by molar-refractivity contribution is 9.13. The number of H-pyrrole nitrogens is 2. The lowest BCUT2D eigenvalue weighted by Gasteiger charge is -2.09. The molecule has 0 aliphatic carbocycles. The predicted octanol–water partition coefficient (Wildman–Crippen LogP) is 4.29. The molecule has 2 aromatic heterocycles. The molecule has 0 saturated heterocycles. The van der Waals surface area contributed by atoms with Gasteiger partial charge >= 0.3 is 11.1 Å². The van der Waals surface area contributed by atoms with Crippen LogP contribution in [0.25, 0.3) is 11.0 Å². The summed E-state index contributed by atoms with van der Waals surface area (Å²) < 4.78 is 2.03. The molecule has 0 saturated carbocycles. The molecule has 0 fully saturated rings. The minimum atomic E-state index is -0.646. The van der Waals surface area contributed by atoms with Crippen LogP contribution in [-0.2, 0) is 0 Å². The first kappa shape index (κ1) is 15.2. The summed E-state index contributed by atoms with van der Waals surface area (Å²) in [5.41, 5.74) is 0.920. The van der Waals surface area contributed by atoms with Crippen LogP contribution in [0.4, 0.5) is 0 Å². The number of benzene rings is 1. The second kappa shape index (κ2) is 5.83. The highest BCUT2D eigenvalue weighted by Gasteiger charge is 2.15. The first-order chi connectivity index (χ1) is 9.95. The van der Waals surface area contributed by atoms with E-state index in [1.54, 1.807) is 17.4 Å². The molecule has 0 aliphatic heterocycles. The Morgan fingerprint density at radius 1 is 1.00 bits per heavy atom. The molecule has 1 unspecified atom stereocenters. The lowest BCUT2D eigenvalue weighted by Crippen LogP contribution is -2.28. The molecule has 0 spiro atoms. The molecule has 8 heteroatoms. The lowest BCUT2D eigenvalue weighted by atomic mass is 10.1. The van der Waals surface area contributed by atoms with Crippen molar-refractivity contribution in [1.82, 2.24) is 9.97 Å². The van der Waals surface area contributed by atoms with E-state index in [2.05, 4.69) is 57.8 Å². The van der Waals surface area contributed by atoms with E-state index in [0.717, 1.165) is 18.7 Å². The number of nitrogens with one attached hydrogen (secondary N) is 2. The molecule has 0 amide bonds. The second-order valence-electron chi connectivity index (χ2n) is 4.35. The third kappa shape index (κ3) is 2.94. The van der Waals surface area contributed by atoms with E-state index in [1.165, 1.54) is 0 Å². The van der Waals surface area contributed by atoms with Crippen LogP contribution in [0.3, 0.4) is 0 Å². The van der Waals surface area contributed by atoms with Crippen LogP contribution in [0, 0.1) is 0 Å². The first-order valence-electron chi connectivity index (χ1n) is 5.81. The number of hydrogen-bond donors (Lipinski definition) is 2. The van der Waals surface area contributed by atoms with Gasteiger partial charge in [0.25, 0.3) is 0 Å². The van der Waals surface area contributed by atoms with Crippen LogP contribution < -0.4 is 11.1 Å². The fraction of sp³-hybridized carbons (Fsp3) is 0.0769. The van der Waals surface area contributed by atoms with E-state index >= 15 is 0 Å². The van der Waals surface area contributed by atoms with Crippen molar-refractivity contribution in [3.63, 3.8) is 0 Å². The molecular formula is C13H7Br3N2O2S. The molecule has 3 aromatic rings. The zero-order valence-electron chi connectivity index (χ0n) is 10.2. The largest absolute Gasteiger partial charge is 0.316 e. The average Bonchev–Trinajstić information content (AvgIpc) is 2.79. The number of thiophene rings is 1. The number of aromatic amines is 2. The fourth-order valence-corrected chi connectivity index (χ4v) is 4.74. The highest BCUT2D eigenvalue weighted by atomic mass is 79.9. The third-order valence-electron chi connectivity index (χ3n) is 2.95. The van der Waals surface area contributed by atoms with Crippen molar-refractivity contribution in [1.29, 1.82) is 0 Å². The lowest BCUT2D eigenvalue weighted by molar-refractivity contribution is 1.13. The van der Waals surface area contributed by atoms with Gasteiger partial charge in [0.2, 0.25) is 0 Å². The standard InChI is InChI=1S/C13H7Br3N2O2S/c14-6-4-9(21-11(6)16)10(15)5-1-2-7-8(3-5)18-13(20)12(19)17-7/h1-4,10H,(H,17,19)(H,18,20). The van der Waals surface area contributed by atoms with Gasteiger partial charge < -0.3 is 9.97 Å². The van der Waals surface area contributed by atoms with Gasteiger partial charge in [0.15, 0.2) is 0 Å². The number of fused-ring (bicyclic) bond motifs is 1. The molecule has 108 valence electrons. The Bertz CT molecular complexity index is 925. The van der Waals surface area contributed by atoms with Gasteiger partial charge in [0, 0.05) is 9.35 Å². The number of aromatic nitrogens is 2. The van der Waals surface area contributed by atoms with Crippen LogP contribution in [-0.4, -0.2) is 9.97 Å². The summed E-state index contributed by atoms with van der Waals surface area (Å²) in [5.74, 6) is 0. The minimum Gasteiger partial charge on any atom is -0.316 e. The normalized spacial score (nSPS) is 12.7. The Morgan fingerprint density at radius 3 is 2.29 bits per heavy atom. The van der Waals surface area contributed by atoms with Crippen LogP contribution >= 0.6 is 59.1 Å². The van der Waals surface area contributed by atoms with Crippen molar-refractivity contribution in [3.05, 3.63) is 63.7 Å². The van der Waals surface area contributed by atoms with E-state index in [4.69, 9.17) is 0 Å². The maximum atomic E-state index is 11.4. The fourth-order valence-electron chi connectivity index (χ4n) is 1.94. The molecule has 2 N–H and O–H groups in total. The van der Waals surface area contributed by atoms with Crippen molar-refractivity contribution in [3.8, 4) is 0 Å². The Kier molecular flexibility index (Phi) is 4.22. The summed E-state index contributed by atoms with van der Waals surface area (Å²) in [6.07, 6.45) is 0. The Morgan fingerprint density at radius 2 is 1.67 bits per heavy atom. The summed E-state index contributed by atoms with van der Waals surface area (Å²) in [6, 6.07) is 7.59. The summed E-state index contributed by atoms with van der Waals surface area (Å²) in [7, 11) is 0. The summed E-state index contributed by atoms with van der Waals surface area (Å²) in [6.45, 7) is 0. The topological polar surface area (TPSA) is 65.7 Å². The van der Waals surface area contributed by atoms with Crippen molar-refractivity contribution in [2.75, 3.05) is 0 Å². The monoisotopic (exact) mass is 492 g/mol. The van der Waals surface area contributed by atoms with Gasteiger partial charge in [-0.05, 0) is 55.6 Å². The van der Waals surface area contributed by atoms with Crippen molar-refractivity contribution in [2.45, 2.75) is 4.83 Å². The van der Waals surface area contributed by atoms with E-state index in [1.807, 2.05) is 18.2 Å². The SMILES string of the molecule is O=c1[nH]c2ccc(C(Br)c3cc(Br)c(Br)s3)cc2[nH]c1=O. The number of halogens is 3. The van der Waals surface area contributed by atoms with Crippen LogP contribution in [0.5, 0.6) is 0 Å². The van der Waals surface area contributed by atoms with E-state index in [-0.39, 0.29) is 4.83 Å². The van der Waals surface area contributed by atoms with Crippen LogP contribution in [0.15, 0.2) is 42.1 Å². The average molecular weight is 495 g/mol. The van der Waals surface area contributed by atoms with Gasteiger partial charge in [-0.25, -0.2) is 0 Å². The zero-order valence-corrected chi connectivity index (χ0v) is 15.8. The Hall–Kier alpha value is -0.700. The smallest absolute Gasteiger partial charge is 0.314 e. The molecule has 1 aromatic carbocycles. The molecule has 2 heterocycles. The molecular weight excluding hydrogens is 488 g/mol. The molecule has 0 aliphatic rings. The van der Waals surface area contributed by atoms with E-state index < -0.39 is 11.1 Å². The van der Waals surface area contributed by atoms with Crippen molar-refractivity contribution >= 4 is 70.2 Å². The zero-order chi connectivity index (χ0) is 15.1. The van der Waals surface area contributed by atoms with Gasteiger partial charge in [-0.1, -0.05) is 22.0 Å². The number of hydrogen-bond acceptors (Lipinski definition) is 3. The quantitative estimate of drug-likeness (QED) is 0.412. The van der Waals surface area contributed by atoms with Gasteiger partial charge in [0.05, 0.1) is 19.6 Å². The predicted molar refractivity (Wildman–Crippen MR) is 95.7 cm³/mol. The number of rotatable bonds is 2. The highest BCUT2D eigenvalue weighted by Crippen LogP contribution is 2.41. The van der Waals surface area contributed by atoms with Crippen molar-refractivity contribution in [2.24, 2.45) is 0 Å². The Balaban J connectivity index is 2.10. The molecule has 0 bridgehead atoms. The first-order valence-corrected chi connectivity index (χ1v) is 9.12. The van der Waals surface area contributed by atoms with Gasteiger partial charge in [0.1, 0.15) is 0 Å². The van der Waals surface area contributed by atoms with Gasteiger partial charge in [-0.15, -0.1) is 11.3 Å². The summed E-state index contributed by atoms with van der Waals surface area (Å²) in [4.78, 5) is 29.0. The summed E-state index contributed by atoms with van der Waals surface area (Å²) >= 11 is 12.2. The van der Waals surface area contributed by atoms with E-state index in [9.17, 15) is 9.59 Å². The third-order valence-corrected chi connectivity index (χ3v) is 7.60. The van der Waals surface area contributed by atoms with Crippen molar-refractivity contribution < 1.29 is 0 Å². The molecule has 21 heavy (non-hydrogen) atoms. The number of alkyl halides is 1. The molecule has 1 atom stereocenters. The maximum absolute atomic E-state index is 11.4. The molecule has 0 radical (unpaired) electrons. The Labute approximate surface area is 148 Å². The van der Waals surface area contributed by atoms with Crippen LogP contribution in [0.2, 0.25) is 0 Å². The maximum Gasteiger partial charge on any atom is 0.314 e.